The zero-order chi connectivity index (χ0) is 14.5. The first-order valence-electron chi connectivity index (χ1n) is 7.14. The molecule has 1 atom stereocenters. The average molecular weight is 340 g/mol. The molecule has 0 saturated carbocycles. The molecule has 20 heavy (non-hydrogen) atoms. The molecule has 0 bridgehead atoms. The van der Waals surface area contributed by atoms with Crippen LogP contribution in [0.25, 0.3) is 0 Å². The Morgan fingerprint density at radius 3 is 2.75 bits per heavy atom. The summed E-state index contributed by atoms with van der Waals surface area (Å²) in [5, 5.41) is 8.06. The molecule has 2 heterocycles. The first-order chi connectivity index (χ1) is 9.63. The quantitative estimate of drug-likeness (QED) is 0.837. The van der Waals surface area contributed by atoms with Crippen LogP contribution in [0.3, 0.4) is 0 Å². The Hall–Kier alpha value is -1.07. The maximum absolute atomic E-state index is 5.71. The highest BCUT2D eigenvalue weighted by Crippen LogP contribution is 2.24. The lowest BCUT2D eigenvalue weighted by Crippen LogP contribution is -2.24. The van der Waals surface area contributed by atoms with E-state index in [0.29, 0.717) is 0 Å². The van der Waals surface area contributed by atoms with Gasteiger partial charge >= 0.3 is 0 Å². The predicted molar refractivity (Wildman–Crippen MR) is 83.7 cm³/mol. The van der Waals surface area contributed by atoms with Gasteiger partial charge in [-0.2, -0.15) is 5.10 Å². The van der Waals surface area contributed by atoms with Crippen molar-refractivity contribution in [1.29, 1.82) is 0 Å². The number of nitrogens with one attached hydrogen (secondary N) is 1. The summed E-state index contributed by atoms with van der Waals surface area (Å²) in [6.45, 7) is 5.27. The maximum Gasteiger partial charge on any atom is 0.169 e. The Morgan fingerprint density at radius 1 is 1.40 bits per heavy atom. The molecule has 0 saturated heterocycles. The van der Waals surface area contributed by atoms with E-state index in [9.17, 15) is 0 Å². The Morgan fingerprint density at radius 2 is 2.20 bits per heavy atom. The van der Waals surface area contributed by atoms with Gasteiger partial charge in [-0.3, -0.25) is 4.68 Å². The predicted octanol–water partition coefficient (Wildman–Crippen LogP) is 3.62. The molecule has 0 aliphatic rings. The topological polar surface area (TPSA) is 43.0 Å². The number of nitrogens with zero attached hydrogens (tertiary/aromatic N) is 2. The second kappa shape index (κ2) is 7.09. The van der Waals surface area contributed by atoms with Gasteiger partial charge in [0.05, 0.1) is 11.7 Å². The van der Waals surface area contributed by atoms with E-state index in [1.807, 2.05) is 23.9 Å². The standard InChI is InChI=1S/C15H22BrN3O/c1-4-8-17-13(14-6-7-15(16)20-14)10-12-9-11(5-2)18-19(12)3/h6-7,9,13,17H,4-5,8,10H2,1-3H3. The maximum atomic E-state index is 5.71. The van der Waals surface area contributed by atoms with Crippen molar-refractivity contribution in [2.24, 2.45) is 7.05 Å². The lowest BCUT2D eigenvalue weighted by Gasteiger charge is -2.16. The van der Waals surface area contributed by atoms with E-state index in [2.05, 4.69) is 46.3 Å². The third-order valence-corrected chi connectivity index (χ3v) is 3.81. The monoisotopic (exact) mass is 339 g/mol. The normalized spacial score (nSPS) is 12.8. The minimum absolute atomic E-state index is 0.182. The highest BCUT2D eigenvalue weighted by atomic mass is 79.9. The molecule has 2 aromatic rings. The van der Waals surface area contributed by atoms with Crippen LogP contribution in [0.2, 0.25) is 0 Å². The molecule has 0 amide bonds. The summed E-state index contributed by atoms with van der Waals surface area (Å²) < 4.78 is 8.46. The summed E-state index contributed by atoms with van der Waals surface area (Å²) in [6.07, 6.45) is 2.95. The van der Waals surface area contributed by atoms with Crippen molar-refractivity contribution in [1.82, 2.24) is 15.1 Å². The van der Waals surface area contributed by atoms with Gasteiger partial charge in [0.1, 0.15) is 5.76 Å². The average Bonchev–Trinajstić information content (AvgIpc) is 3.01. The number of hydrogen-bond acceptors (Lipinski definition) is 3. The highest BCUT2D eigenvalue weighted by Gasteiger charge is 2.17. The van der Waals surface area contributed by atoms with Gasteiger partial charge < -0.3 is 9.73 Å². The van der Waals surface area contributed by atoms with Crippen molar-refractivity contribution >= 4 is 15.9 Å². The highest BCUT2D eigenvalue weighted by molar-refractivity contribution is 9.10. The van der Waals surface area contributed by atoms with E-state index in [1.165, 1.54) is 5.69 Å². The molecule has 1 N–H and O–H groups in total. The molecular formula is C15H22BrN3O. The number of furan rings is 1. The van der Waals surface area contributed by atoms with Crippen LogP contribution in [0.4, 0.5) is 0 Å². The van der Waals surface area contributed by atoms with Gasteiger partial charge in [0.2, 0.25) is 0 Å². The molecule has 0 aromatic carbocycles. The molecular weight excluding hydrogens is 318 g/mol. The van der Waals surface area contributed by atoms with Crippen LogP contribution in [0, 0.1) is 0 Å². The Labute approximate surface area is 128 Å². The molecule has 4 nitrogen and oxygen atoms in total. The van der Waals surface area contributed by atoms with E-state index in [4.69, 9.17) is 4.42 Å². The third kappa shape index (κ3) is 3.73. The smallest absolute Gasteiger partial charge is 0.169 e. The van der Waals surface area contributed by atoms with E-state index < -0.39 is 0 Å². The summed E-state index contributed by atoms with van der Waals surface area (Å²) in [7, 11) is 2.00. The van der Waals surface area contributed by atoms with E-state index in [1.54, 1.807) is 0 Å². The lowest BCUT2D eigenvalue weighted by molar-refractivity contribution is 0.395. The molecule has 110 valence electrons. The molecule has 0 fully saturated rings. The van der Waals surface area contributed by atoms with Gasteiger partial charge in [0.15, 0.2) is 4.67 Å². The minimum Gasteiger partial charge on any atom is -0.453 e. The zero-order valence-corrected chi connectivity index (χ0v) is 13.9. The first-order valence-corrected chi connectivity index (χ1v) is 7.93. The van der Waals surface area contributed by atoms with Crippen LogP contribution in [-0.2, 0) is 19.9 Å². The minimum atomic E-state index is 0.182. The Balaban J connectivity index is 2.16. The molecule has 0 aliphatic carbocycles. The van der Waals surface area contributed by atoms with E-state index in [0.717, 1.165) is 41.9 Å². The molecule has 5 heteroatoms. The molecule has 0 radical (unpaired) electrons. The van der Waals surface area contributed by atoms with Crippen LogP contribution >= 0.6 is 15.9 Å². The number of rotatable bonds is 7. The van der Waals surface area contributed by atoms with Crippen molar-refractivity contribution < 1.29 is 4.42 Å². The van der Waals surface area contributed by atoms with Gasteiger partial charge in [-0.1, -0.05) is 13.8 Å². The largest absolute Gasteiger partial charge is 0.453 e. The number of aromatic nitrogens is 2. The van der Waals surface area contributed by atoms with Crippen LogP contribution in [0.15, 0.2) is 27.3 Å². The second-order valence-corrected chi connectivity index (χ2v) is 5.74. The summed E-state index contributed by atoms with van der Waals surface area (Å²) in [4.78, 5) is 0. The fourth-order valence-corrected chi connectivity index (χ4v) is 2.57. The Bertz CT molecular complexity index is 547. The van der Waals surface area contributed by atoms with Gasteiger partial charge in [0, 0.05) is 19.2 Å². The van der Waals surface area contributed by atoms with Crippen LogP contribution in [0.1, 0.15) is 43.5 Å². The van der Waals surface area contributed by atoms with Crippen molar-refractivity contribution in [2.45, 2.75) is 39.2 Å². The fourth-order valence-electron chi connectivity index (χ4n) is 2.25. The molecule has 2 aromatic heterocycles. The van der Waals surface area contributed by atoms with Gasteiger partial charge in [-0.15, -0.1) is 0 Å². The van der Waals surface area contributed by atoms with Crippen LogP contribution < -0.4 is 5.32 Å². The van der Waals surface area contributed by atoms with Crippen molar-refractivity contribution in [3.63, 3.8) is 0 Å². The molecule has 0 spiro atoms. The van der Waals surface area contributed by atoms with Crippen LogP contribution in [-0.4, -0.2) is 16.3 Å². The van der Waals surface area contributed by atoms with E-state index >= 15 is 0 Å². The summed E-state index contributed by atoms with van der Waals surface area (Å²) in [6, 6.07) is 6.32. The lowest BCUT2D eigenvalue weighted by atomic mass is 10.1. The summed E-state index contributed by atoms with van der Waals surface area (Å²) >= 11 is 3.37. The molecule has 0 aliphatic heterocycles. The first kappa shape index (κ1) is 15.3. The number of halogens is 1. The van der Waals surface area contributed by atoms with Crippen molar-refractivity contribution in [2.75, 3.05) is 6.54 Å². The molecule has 1 unspecified atom stereocenters. The van der Waals surface area contributed by atoms with Gasteiger partial charge in [-0.25, -0.2) is 0 Å². The number of hydrogen-bond donors (Lipinski definition) is 1. The molecule has 2 rings (SSSR count). The second-order valence-electron chi connectivity index (χ2n) is 4.96. The van der Waals surface area contributed by atoms with Crippen molar-refractivity contribution in [3.05, 3.63) is 40.0 Å². The summed E-state index contributed by atoms with van der Waals surface area (Å²) in [5.74, 6) is 0.963. The number of aryl methyl sites for hydroxylation is 2. The Kier molecular flexibility index (Phi) is 5.43. The van der Waals surface area contributed by atoms with E-state index in [-0.39, 0.29) is 6.04 Å². The zero-order valence-electron chi connectivity index (χ0n) is 12.3. The third-order valence-electron chi connectivity index (χ3n) is 3.38. The van der Waals surface area contributed by atoms with Gasteiger partial charge in [-0.05, 0) is 53.5 Å². The summed E-state index contributed by atoms with van der Waals surface area (Å²) in [5.41, 5.74) is 2.36. The van der Waals surface area contributed by atoms with Crippen LogP contribution in [0.5, 0.6) is 0 Å². The van der Waals surface area contributed by atoms with Crippen molar-refractivity contribution in [3.8, 4) is 0 Å². The van der Waals surface area contributed by atoms with Gasteiger partial charge in [0.25, 0.3) is 0 Å². The SMILES string of the molecule is CCCNC(Cc1cc(CC)nn1C)c1ccc(Br)o1. The fraction of sp³-hybridized carbons (Fsp3) is 0.533.